The van der Waals surface area contributed by atoms with Gasteiger partial charge in [0, 0.05) is 29.7 Å². The lowest BCUT2D eigenvalue weighted by atomic mass is 10.1. The summed E-state index contributed by atoms with van der Waals surface area (Å²) in [5.41, 5.74) is 4.53. The second-order valence-electron chi connectivity index (χ2n) is 7.76. The highest BCUT2D eigenvalue weighted by Crippen LogP contribution is 2.36. The molecule has 0 atom stereocenters. The molecule has 1 aliphatic rings. The predicted octanol–water partition coefficient (Wildman–Crippen LogP) is 3.64. The minimum absolute atomic E-state index is 0.399. The molecule has 0 saturated carbocycles. The Labute approximate surface area is 182 Å². The third kappa shape index (κ3) is 2.93. The number of para-hydroxylation sites is 1. The van der Waals surface area contributed by atoms with Crippen molar-refractivity contribution in [3.63, 3.8) is 0 Å². The lowest BCUT2D eigenvalue weighted by Crippen LogP contribution is -2.36. The lowest BCUT2D eigenvalue weighted by Gasteiger charge is -2.29. The average Bonchev–Trinajstić information content (AvgIpc) is 3.47. The molecule has 1 saturated heterocycles. The molecule has 0 radical (unpaired) electrons. The molecule has 8 nitrogen and oxygen atoms in total. The summed E-state index contributed by atoms with van der Waals surface area (Å²) >= 11 is 0. The molecule has 1 aliphatic heterocycles. The second-order valence-corrected chi connectivity index (χ2v) is 7.76. The van der Waals surface area contributed by atoms with E-state index in [4.69, 9.17) is 9.72 Å². The van der Waals surface area contributed by atoms with Gasteiger partial charge in [0.05, 0.1) is 36.1 Å². The first-order valence-corrected chi connectivity index (χ1v) is 10.5. The number of rotatable bonds is 3. The summed E-state index contributed by atoms with van der Waals surface area (Å²) in [5.74, 6) is 0.897. The van der Waals surface area contributed by atoms with Crippen LogP contribution in [0.2, 0.25) is 0 Å². The van der Waals surface area contributed by atoms with E-state index in [9.17, 15) is 0 Å². The predicted molar refractivity (Wildman–Crippen MR) is 119 cm³/mol. The molecule has 2 aromatic carbocycles. The summed E-state index contributed by atoms with van der Waals surface area (Å²) in [6.45, 7) is 4.77. The number of nitrogens with zero attached hydrogens (tertiary/aromatic N) is 6. The Hall–Kier alpha value is -3.85. The molecule has 0 spiro atoms. The molecule has 1 fully saturated rings. The van der Waals surface area contributed by atoms with Crippen LogP contribution in [0.5, 0.6) is 0 Å². The molecule has 0 amide bonds. The standard InChI is InChI=1S/C23H20FN7O/c1-14-28-21-17(23-26-13-27-29-23)10-15(30-6-8-32-9-7-30)11-20(21)31(14)22-16-4-2-3-5-19(16)25-12-18(22)24/h2-5,10-13H,6-9H2,1H3,(H,26,27,29). The van der Waals surface area contributed by atoms with Crippen LogP contribution in [-0.2, 0) is 4.74 Å². The third-order valence-electron chi connectivity index (χ3n) is 5.89. The zero-order valence-corrected chi connectivity index (χ0v) is 17.4. The van der Waals surface area contributed by atoms with E-state index in [2.05, 4.69) is 37.2 Å². The van der Waals surface area contributed by atoms with Crippen molar-refractivity contribution < 1.29 is 9.13 Å². The fourth-order valence-corrected chi connectivity index (χ4v) is 4.41. The number of pyridine rings is 1. The molecule has 6 rings (SSSR count). The second kappa shape index (κ2) is 7.38. The maximum atomic E-state index is 15.3. The van der Waals surface area contributed by atoms with Crippen LogP contribution in [0, 0.1) is 12.7 Å². The summed E-state index contributed by atoms with van der Waals surface area (Å²) in [4.78, 5) is 14.4. The summed E-state index contributed by atoms with van der Waals surface area (Å²) in [5, 5.41) is 8.90. The number of aromatic amines is 1. The maximum absolute atomic E-state index is 15.3. The molecule has 32 heavy (non-hydrogen) atoms. The Morgan fingerprint density at radius 1 is 1.12 bits per heavy atom. The number of aryl methyl sites for hydroxylation is 1. The highest BCUT2D eigenvalue weighted by molar-refractivity contribution is 5.97. The van der Waals surface area contributed by atoms with Crippen LogP contribution in [0.3, 0.4) is 0 Å². The minimum Gasteiger partial charge on any atom is -0.378 e. The number of benzene rings is 2. The summed E-state index contributed by atoms with van der Waals surface area (Å²) in [7, 11) is 0. The summed E-state index contributed by atoms with van der Waals surface area (Å²) < 4.78 is 22.7. The minimum atomic E-state index is -0.399. The molecule has 5 aromatic rings. The topological polar surface area (TPSA) is 84.8 Å². The molecule has 160 valence electrons. The van der Waals surface area contributed by atoms with E-state index >= 15 is 4.39 Å². The molecular weight excluding hydrogens is 409 g/mol. The van der Waals surface area contributed by atoms with Gasteiger partial charge < -0.3 is 14.6 Å². The van der Waals surface area contributed by atoms with Crippen LogP contribution >= 0.6 is 0 Å². The van der Waals surface area contributed by atoms with E-state index in [0.717, 1.165) is 46.3 Å². The number of hydrogen-bond acceptors (Lipinski definition) is 6. The fourth-order valence-electron chi connectivity index (χ4n) is 4.41. The number of H-pyrrole nitrogens is 1. The van der Waals surface area contributed by atoms with E-state index in [-0.39, 0.29) is 0 Å². The Kier molecular flexibility index (Phi) is 4.36. The number of imidazole rings is 1. The number of ether oxygens (including phenoxy) is 1. The quantitative estimate of drug-likeness (QED) is 0.471. The van der Waals surface area contributed by atoms with Gasteiger partial charge in [-0.25, -0.2) is 9.37 Å². The van der Waals surface area contributed by atoms with Crippen LogP contribution in [0.4, 0.5) is 10.1 Å². The van der Waals surface area contributed by atoms with Crippen LogP contribution < -0.4 is 4.90 Å². The first kappa shape index (κ1) is 18.9. The van der Waals surface area contributed by atoms with E-state index in [1.165, 1.54) is 6.20 Å². The van der Waals surface area contributed by atoms with Crippen LogP contribution in [0.1, 0.15) is 5.82 Å². The number of anilines is 1. The third-order valence-corrected chi connectivity index (χ3v) is 5.89. The van der Waals surface area contributed by atoms with E-state index < -0.39 is 5.82 Å². The van der Waals surface area contributed by atoms with Crippen molar-refractivity contribution in [2.24, 2.45) is 0 Å². The van der Waals surface area contributed by atoms with Gasteiger partial charge >= 0.3 is 0 Å². The highest BCUT2D eigenvalue weighted by Gasteiger charge is 2.22. The van der Waals surface area contributed by atoms with E-state index in [1.54, 1.807) is 6.33 Å². The van der Waals surface area contributed by atoms with Gasteiger partial charge in [0.2, 0.25) is 0 Å². The van der Waals surface area contributed by atoms with Crippen molar-refractivity contribution in [2.45, 2.75) is 6.92 Å². The molecule has 4 heterocycles. The van der Waals surface area contributed by atoms with Crippen LogP contribution in [-0.4, -0.2) is 56.0 Å². The van der Waals surface area contributed by atoms with Gasteiger partial charge in [-0.15, -0.1) is 10.2 Å². The zero-order chi connectivity index (χ0) is 21.7. The number of halogens is 1. The number of nitrogens with one attached hydrogen (secondary N) is 1. The van der Waals surface area contributed by atoms with Crippen molar-refractivity contribution in [2.75, 3.05) is 31.2 Å². The number of aromatic nitrogens is 6. The SMILES string of the molecule is Cc1nc2c(-c3nnc[nH]3)cc(N3CCOCC3)cc2n1-c1c(F)cnc2ccccc12. The van der Waals surface area contributed by atoms with Crippen LogP contribution in [0.15, 0.2) is 48.9 Å². The van der Waals surface area contributed by atoms with Gasteiger partial charge in [0.1, 0.15) is 17.7 Å². The normalized spacial score (nSPS) is 14.5. The van der Waals surface area contributed by atoms with Gasteiger partial charge in [0.25, 0.3) is 0 Å². The monoisotopic (exact) mass is 429 g/mol. The largest absolute Gasteiger partial charge is 0.378 e. The van der Waals surface area contributed by atoms with Crippen molar-refractivity contribution in [3.05, 3.63) is 60.6 Å². The fraction of sp³-hybridized carbons (Fsp3) is 0.217. The van der Waals surface area contributed by atoms with Gasteiger partial charge in [0.15, 0.2) is 11.6 Å². The Bertz CT molecular complexity index is 1440. The van der Waals surface area contributed by atoms with Gasteiger partial charge in [-0.2, -0.15) is 0 Å². The maximum Gasteiger partial charge on any atom is 0.166 e. The molecular formula is C23H20FN7O. The molecule has 0 bridgehead atoms. The summed E-state index contributed by atoms with van der Waals surface area (Å²) in [6.07, 6.45) is 2.81. The molecule has 1 N–H and O–H groups in total. The summed E-state index contributed by atoms with van der Waals surface area (Å²) in [6, 6.07) is 11.7. The average molecular weight is 429 g/mol. The molecule has 3 aromatic heterocycles. The molecule has 9 heteroatoms. The van der Waals surface area contributed by atoms with E-state index in [1.807, 2.05) is 35.8 Å². The van der Waals surface area contributed by atoms with Gasteiger partial charge in [-0.3, -0.25) is 9.55 Å². The first-order chi connectivity index (χ1) is 15.7. The van der Waals surface area contributed by atoms with Crippen molar-refractivity contribution in [3.8, 4) is 17.1 Å². The number of fused-ring (bicyclic) bond motifs is 2. The lowest BCUT2D eigenvalue weighted by molar-refractivity contribution is 0.122. The van der Waals surface area contributed by atoms with Gasteiger partial charge in [-0.1, -0.05) is 18.2 Å². The van der Waals surface area contributed by atoms with Crippen molar-refractivity contribution >= 4 is 27.6 Å². The van der Waals surface area contributed by atoms with Crippen molar-refractivity contribution in [1.82, 2.24) is 29.7 Å². The molecule has 0 aliphatic carbocycles. The van der Waals surface area contributed by atoms with Crippen molar-refractivity contribution in [1.29, 1.82) is 0 Å². The number of hydrogen-bond donors (Lipinski definition) is 1. The first-order valence-electron chi connectivity index (χ1n) is 10.5. The molecule has 0 unspecified atom stereocenters. The van der Waals surface area contributed by atoms with E-state index in [0.29, 0.717) is 30.5 Å². The Morgan fingerprint density at radius 2 is 1.97 bits per heavy atom. The Morgan fingerprint density at radius 3 is 2.78 bits per heavy atom. The number of morpholine rings is 1. The van der Waals surface area contributed by atoms with Crippen LogP contribution in [0.25, 0.3) is 39.0 Å². The van der Waals surface area contributed by atoms with Gasteiger partial charge in [-0.05, 0) is 25.1 Å². The smallest absolute Gasteiger partial charge is 0.166 e. The zero-order valence-electron chi connectivity index (χ0n) is 17.4. The Balaban J connectivity index is 1.68. The highest BCUT2D eigenvalue weighted by atomic mass is 19.1.